The second-order valence-electron chi connectivity index (χ2n) is 6.92. The van der Waals surface area contributed by atoms with E-state index in [2.05, 4.69) is 9.97 Å². The van der Waals surface area contributed by atoms with Crippen molar-refractivity contribution >= 4 is 23.2 Å². The summed E-state index contributed by atoms with van der Waals surface area (Å²) in [6, 6.07) is 12.8. The molecule has 3 aromatic rings. The van der Waals surface area contributed by atoms with E-state index in [0.29, 0.717) is 21.1 Å². The molecule has 2 aromatic heterocycles. The largest absolute Gasteiger partial charge is 0.457 e. The average Bonchev–Trinajstić information content (AvgIpc) is 3.43. The van der Waals surface area contributed by atoms with Crippen molar-refractivity contribution in [1.29, 1.82) is 0 Å². The first-order chi connectivity index (χ1) is 14.1. The Bertz CT molecular complexity index is 1010. The van der Waals surface area contributed by atoms with Gasteiger partial charge in [0, 0.05) is 24.8 Å². The molecule has 1 aliphatic heterocycles. The van der Waals surface area contributed by atoms with E-state index < -0.39 is 5.97 Å². The maximum absolute atomic E-state index is 12.5. The first-order valence-corrected chi connectivity index (χ1v) is 10.4. The molecule has 0 bridgehead atoms. The highest BCUT2D eigenvalue weighted by Crippen LogP contribution is 2.27. The van der Waals surface area contributed by atoms with Crippen LogP contribution in [-0.4, -0.2) is 39.8 Å². The van der Waals surface area contributed by atoms with Gasteiger partial charge in [-0.1, -0.05) is 18.2 Å². The molecule has 1 aromatic carbocycles. The topological polar surface area (TPSA) is 72.4 Å². The predicted octanol–water partition coefficient (Wildman–Crippen LogP) is 4.11. The summed E-state index contributed by atoms with van der Waals surface area (Å²) in [5.41, 5.74) is 2.87. The van der Waals surface area contributed by atoms with Crippen LogP contribution in [0.2, 0.25) is 0 Å². The molecule has 148 valence electrons. The third kappa shape index (κ3) is 4.35. The molecule has 4 rings (SSSR count). The summed E-state index contributed by atoms with van der Waals surface area (Å²) < 4.78 is 5.46. The number of aromatic nitrogens is 2. The van der Waals surface area contributed by atoms with E-state index in [1.807, 2.05) is 35.2 Å². The summed E-state index contributed by atoms with van der Waals surface area (Å²) in [5.74, 6) is -0.340. The first kappa shape index (κ1) is 19.3. The number of carbonyl (C=O) groups is 2. The van der Waals surface area contributed by atoms with Crippen LogP contribution in [0.15, 0.2) is 48.7 Å². The lowest BCUT2D eigenvalue weighted by Crippen LogP contribution is -2.27. The van der Waals surface area contributed by atoms with Crippen LogP contribution in [0.5, 0.6) is 0 Å². The van der Waals surface area contributed by atoms with Gasteiger partial charge in [-0.3, -0.25) is 9.78 Å². The van der Waals surface area contributed by atoms with Crippen molar-refractivity contribution in [1.82, 2.24) is 14.9 Å². The molecule has 1 amide bonds. The molecule has 1 saturated heterocycles. The third-order valence-electron chi connectivity index (χ3n) is 4.83. The number of hydrogen-bond donors (Lipinski definition) is 0. The van der Waals surface area contributed by atoms with Crippen molar-refractivity contribution in [2.75, 3.05) is 13.1 Å². The molecule has 6 nitrogen and oxygen atoms in total. The van der Waals surface area contributed by atoms with E-state index >= 15 is 0 Å². The molecule has 7 heteroatoms. The first-order valence-electron chi connectivity index (χ1n) is 9.56. The van der Waals surface area contributed by atoms with Gasteiger partial charge in [0.1, 0.15) is 16.5 Å². The number of aryl methyl sites for hydroxylation is 1. The van der Waals surface area contributed by atoms with Gasteiger partial charge < -0.3 is 9.64 Å². The molecular weight excluding hydrogens is 386 g/mol. The van der Waals surface area contributed by atoms with Crippen LogP contribution >= 0.6 is 11.3 Å². The summed E-state index contributed by atoms with van der Waals surface area (Å²) in [6.45, 7) is 3.59. The number of likely N-dealkylation sites (tertiary alicyclic amines) is 1. The minimum Gasteiger partial charge on any atom is -0.457 e. The summed E-state index contributed by atoms with van der Waals surface area (Å²) in [6.07, 6.45) is 3.83. The normalized spacial score (nSPS) is 13.5. The Hall–Kier alpha value is -3.06. The monoisotopic (exact) mass is 407 g/mol. The zero-order valence-corrected chi connectivity index (χ0v) is 16.9. The van der Waals surface area contributed by atoms with Crippen molar-refractivity contribution < 1.29 is 14.3 Å². The third-order valence-corrected chi connectivity index (χ3v) is 5.99. The maximum atomic E-state index is 12.5. The van der Waals surface area contributed by atoms with Gasteiger partial charge in [-0.25, -0.2) is 9.78 Å². The van der Waals surface area contributed by atoms with Gasteiger partial charge in [-0.2, -0.15) is 0 Å². The number of amides is 1. The van der Waals surface area contributed by atoms with E-state index in [4.69, 9.17) is 4.74 Å². The van der Waals surface area contributed by atoms with E-state index in [1.54, 1.807) is 25.3 Å². The Morgan fingerprint density at radius 3 is 2.55 bits per heavy atom. The van der Waals surface area contributed by atoms with Crippen LogP contribution < -0.4 is 0 Å². The molecule has 1 aliphatic rings. The fraction of sp³-hybridized carbons (Fsp3) is 0.273. The highest BCUT2D eigenvalue weighted by Gasteiger charge is 2.20. The summed E-state index contributed by atoms with van der Waals surface area (Å²) >= 11 is 1.28. The summed E-state index contributed by atoms with van der Waals surface area (Å²) in [4.78, 5) is 36.0. The van der Waals surface area contributed by atoms with Gasteiger partial charge in [-0.15, -0.1) is 11.3 Å². The van der Waals surface area contributed by atoms with E-state index in [9.17, 15) is 9.59 Å². The average molecular weight is 407 g/mol. The number of ether oxygens (including phenoxy) is 1. The minimum absolute atomic E-state index is 0.0633. The second kappa shape index (κ2) is 8.53. The van der Waals surface area contributed by atoms with Gasteiger partial charge in [0.15, 0.2) is 0 Å². The standard InChI is InChI=1S/C22H21N3O3S/c1-15-19(29-20(24-15)18-6-2-3-11-23-18)22(27)28-14-16-7-9-17(10-8-16)21(26)25-12-4-5-13-25/h2-3,6-11H,4-5,12-14H2,1H3. The molecular formula is C22H21N3O3S. The molecule has 0 N–H and O–H groups in total. The highest BCUT2D eigenvalue weighted by atomic mass is 32.1. The zero-order chi connectivity index (χ0) is 20.2. The van der Waals surface area contributed by atoms with Crippen LogP contribution in [0.3, 0.4) is 0 Å². The van der Waals surface area contributed by atoms with E-state index in [-0.39, 0.29) is 12.5 Å². The molecule has 0 atom stereocenters. The Morgan fingerprint density at radius 1 is 1.10 bits per heavy atom. The molecule has 0 unspecified atom stereocenters. The van der Waals surface area contributed by atoms with Crippen LogP contribution in [-0.2, 0) is 11.3 Å². The Morgan fingerprint density at radius 2 is 1.86 bits per heavy atom. The lowest BCUT2D eigenvalue weighted by molar-refractivity contribution is 0.0477. The van der Waals surface area contributed by atoms with Crippen LogP contribution in [0.1, 0.15) is 44.1 Å². The SMILES string of the molecule is Cc1nc(-c2ccccn2)sc1C(=O)OCc1ccc(C(=O)N2CCCC2)cc1. The number of carbonyl (C=O) groups excluding carboxylic acids is 2. The van der Waals surface area contributed by atoms with Gasteiger partial charge in [-0.05, 0) is 49.6 Å². The number of benzene rings is 1. The molecule has 0 aliphatic carbocycles. The number of rotatable bonds is 5. The van der Waals surface area contributed by atoms with E-state index in [1.165, 1.54) is 11.3 Å². The Balaban J connectivity index is 1.38. The summed E-state index contributed by atoms with van der Waals surface area (Å²) in [7, 11) is 0. The highest BCUT2D eigenvalue weighted by molar-refractivity contribution is 7.17. The molecule has 1 fully saturated rings. The number of nitrogens with zero attached hydrogens (tertiary/aromatic N) is 3. The fourth-order valence-electron chi connectivity index (χ4n) is 3.25. The zero-order valence-electron chi connectivity index (χ0n) is 16.1. The quantitative estimate of drug-likeness (QED) is 0.595. The molecule has 0 radical (unpaired) electrons. The van der Waals surface area contributed by atoms with Crippen LogP contribution in [0, 0.1) is 6.92 Å². The second-order valence-corrected chi connectivity index (χ2v) is 7.92. The van der Waals surface area contributed by atoms with Gasteiger partial charge in [0.2, 0.25) is 0 Å². The van der Waals surface area contributed by atoms with Crippen LogP contribution in [0.25, 0.3) is 10.7 Å². The number of thiazole rings is 1. The summed E-state index contributed by atoms with van der Waals surface area (Å²) in [5, 5.41) is 0.694. The fourth-order valence-corrected chi connectivity index (χ4v) is 4.18. The molecule has 0 saturated carbocycles. The number of hydrogen-bond acceptors (Lipinski definition) is 6. The minimum atomic E-state index is -0.403. The van der Waals surface area contributed by atoms with Gasteiger partial charge >= 0.3 is 5.97 Å². The van der Waals surface area contributed by atoms with Crippen molar-refractivity contribution in [3.63, 3.8) is 0 Å². The lowest BCUT2D eigenvalue weighted by Gasteiger charge is -2.15. The van der Waals surface area contributed by atoms with Crippen LogP contribution in [0.4, 0.5) is 0 Å². The Labute approximate surface area is 173 Å². The van der Waals surface area contributed by atoms with Gasteiger partial charge in [0.05, 0.1) is 11.4 Å². The van der Waals surface area contributed by atoms with Crippen molar-refractivity contribution in [2.24, 2.45) is 0 Å². The van der Waals surface area contributed by atoms with Gasteiger partial charge in [0.25, 0.3) is 5.91 Å². The smallest absolute Gasteiger partial charge is 0.350 e. The van der Waals surface area contributed by atoms with Crippen molar-refractivity contribution in [3.8, 4) is 10.7 Å². The number of esters is 1. The predicted molar refractivity (Wildman–Crippen MR) is 111 cm³/mol. The maximum Gasteiger partial charge on any atom is 0.350 e. The molecule has 0 spiro atoms. The Kier molecular flexibility index (Phi) is 5.67. The van der Waals surface area contributed by atoms with Crippen molar-refractivity contribution in [2.45, 2.75) is 26.4 Å². The molecule has 3 heterocycles. The van der Waals surface area contributed by atoms with E-state index in [0.717, 1.165) is 37.2 Å². The molecule has 29 heavy (non-hydrogen) atoms. The lowest BCUT2D eigenvalue weighted by atomic mass is 10.1. The van der Waals surface area contributed by atoms with Crippen molar-refractivity contribution in [3.05, 3.63) is 70.4 Å². The number of pyridine rings is 1.